The minimum atomic E-state index is -0.354. The second-order valence-corrected chi connectivity index (χ2v) is 7.41. The smallest absolute Gasteiger partial charge is 0.228 e. The maximum absolute atomic E-state index is 13.1. The molecular weight excluding hydrogens is 364 g/mol. The summed E-state index contributed by atoms with van der Waals surface area (Å²) in [5, 5.41) is 2.30. The molecule has 1 heterocycles. The Hall–Kier alpha value is -3.34. The fraction of sp³-hybridized carbons (Fsp3) is 0.250. The third kappa shape index (κ3) is 3.68. The molecule has 1 fully saturated rings. The number of carbonyl (C=O) groups is 2. The Bertz CT molecular complexity index is 1060. The quantitative estimate of drug-likeness (QED) is 0.667. The van der Waals surface area contributed by atoms with Crippen LogP contribution in [0.3, 0.4) is 0 Å². The molecular formula is C24H24N2O3. The van der Waals surface area contributed by atoms with E-state index in [9.17, 15) is 9.59 Å². The minimum Gasteiger partial charge on any atom is -0.495 e. The van der Waals surface area contributed by atoms with E-state index in [1.165, 1.54) is 0 Å². The van der Waals surface area contributed by atoms with Gasteiger partial charge in [0.2, 0.25) is 11.8 Å². The van der Waals surface area contributed by atoms with Crippen molar-refractivity contribution >= 4 is 28.3 Å². The Morgan fingerprint density at radius 2 is 1.79 bits per heavy atom. The zero-order valence-corrected chi connectivity index (χ0v) is 16.7. The lowest BCUT2D eigenvalue weighted by atomic mass is 10.0. The third-order valence-electron chi connectivity index (χ3n) is 5.51. The molecule has 148 valence electrons. The fourth-order valence-electron chi connectivity index (χ4n) is 4.03. The molecule has 5 heteroatoms. The summed E-state index contributed by atoms with van der Waals surface area (Å²) in [5.74, 6) is 0.223. The van der Waals surface area contributed by atoms with Crippen LogP contribution in [-0.2, 0) is 16.1 Å². The van der Waals surface area contributed by atoms with Crippen LogP contribution < -0.4 is 9.64 Å². The van der Waals surface area contributed by atoms with Crippen molar-refractivity contribution in [1.82, 2.24) is 4.90 Å². The molecule has 0 aromatic heterocycles. The Morgan fingerprint density at radius 3 is 2.62 bits per heavy atom. The van der Waals surface area contributed by atoms with Crippen LogP contribution >= 0.6 is 0 Å². The van der Waals surface area contributed by atoms with Gasteiger partial charge in [0.15, 0.2) is 0 Å². The topological polar surface area (TPSA) is 49.9 Å². The van der Waals surface area contributed by atoms with E-state index in [1.54, 1.807) is 24.0 Å². The lowest BCUT2D eigenvalue weighted by Crippen LogP contribution is -2.34. The molecule has 1 aliphatic heterocycles. The lowest BCUT2D eigenvalue weighted by molar-refractivity contribution is -0.135. The fourth-order valence-corrected chi connectivity index (χ4v) is 4.03. The number of ether oxygens (including phenoxy) is 1. The van der Waals surface area contributed by atoms with Gasteiger partial charge in [-0.15, -0.1) is 0 Å². The highest BCUT2D eigenvalue weighted by Crippen LogP contribution is 2.33. The first-order valence-corrected chi connectivity index (χ1v) is 9.73. The number of fused-ring (bicyclic) bond motifs is 1. The first-order valence-electron chi connectivity index (χ1n) is 9.73. The van der Waals surface area contributed by atoms with Crippen molar-refractivity contribution in [3.05, 3.63) is 72.3 Å². The van der Waals surface area contributed by atoms with E-state index in [-0.39, 0.29) is 24.2 Å². The maximum atomic E-state index is 13.1. The van der Waals surface area contributed by atoms with Crippen LogP contribution in [0.25, 0.3) is 10.8 Å². The molecule has 2 amide bonds. The van der Waals surface area contributed by atoms with Gasteiger partial charge in [0.25, 0.3) is 0 Å². The van der Waals surface area contributed by atoms with Gasteiger partial charge in [0.1, 0.15) is 5.75 Å². The lowest BCUT2D eigenvalue weighted by Gasteiger charge is -2.23. The van der Waals surface area contributed by atoms with Gasteiger partial charge in [-0.3, -0.25) is 9.59 Å². The highest BCUT2D eigenvalue weighted by Gasteiger charge is 2.37. The van der Waals surface area contributed by atoms with E-state index in [1.807, 2.05) is 48.5 Å². The van der Waals surface area contributed by atoms with Crippen LogP contribution in [-0.4, -0.2) is 37.4 Å². The predicted octanol–water partition coefficient (Wildman–Crippen LogP) is 3.86. The summed E-state index contributed by atoms with van der Waals surface area (Å²) in [6.07, 6.45) is 0.219. The summed E-state index contributed by atoms with van der Waals surface area (Å²) >= 11 is 0. The van der Waals surface area contributed by atoms with Crippen molar-refractivity contribution < 1.29 is 14.3 Å². The van der Waals surface area contributed by atoms with Crippen LogP contribution in [0.15, 0.2) is 66.7 Å². The van der Waals surface area contributed by atoms with Gasteiger partial charge in [-0.05, 0) is 28.5 Å². The minimum absolute atomic E-state index is 0.0105. The number of anilines is 1. The Kier molecular flexibility index (Phi) is 5.21. The van der Waals surface area contributed by atoms with E-state index >= 15 is 0 Å². The number of hydrogen-bond donors (Lipinski definition) is 0. The number of para-hydroxylation sites is 2. The average molecular weight is 388 g/mol. The average Bonchev–Trinajstić information content (AvgIpc) is 3.14. The number of amides is 2. The molecule has 1 aliphatic rings. The maximum Gasteiger partial charge on any atom is 0.228 e. The van der Waals surface area contributed by atoms with Gasteiger partial charge >= 0.3 is 0 Å². The van der Waals surface area contributed by atoms with Gasteiger partial charge in [0.05, 0.1) is 18.7 Å². The van der Waals surface area contributed by atoms with Crippen molar-refractivity contribution in [2.75, 3.05) is 25.6 Å². The molecule has 1 saturated heterocycles. The molecule has 4 rings (SSSR count). The number of benzene rings is 3. The Balaban J connectivity index is 1.50. The standard InChI is InChI=1S/C24H24N2O3/c1-25(15-18-10-7-9-17-8-3-4-11-20(17)18)24(28)19-14-23(27)26(16-19)21-12-5-6-13-22(21)29-2/h3-13,19H,14-16H2,1-2H3. The van der Waals surface area contributed by atoms with Crippen molar-refractivity contribution in [1.29, 1.82) is 0 Å². The van der Waals surface area contributed by atoms with E-state index in [0.717, 1.165) is 16.3 Å². The number of rotatable bonds is 5. The van der Waals surface area contributed by atoms with Crippen molar-refractivity contribution in [2.45, 2.75) is 13.0 Å². The molecule has 0 spiro atoms. The molecule has 29 heavy (non-hydrogen) atoms. The van der Waals surface area contributed by atoms with E-state index < -0.39 is 0 Å². The Morgan fingerprint density at radius 1 is 1.07 bits per heavy atom. The number of nitrogens with zero attached hydrogens (tertiary/aromatic N) is 2. The molecule has 0 aliphatic carbocycles. The second-order valence-electron chi connectivity index (χ2n) is 7.41. The van der Waals surface area contributed by atoms with Crippen LogP contribution in [0.4, 0.5) is 5.69 Å². The van der Waals surface area contributed by atoms with E-state index in [0.29, 0.717) is 24.5 Å². The third-order valence-corrected chi connectivity index (χ3v) is 5.51. The second kappa shape index (κ2) is 7.95. The van der Waals surface area contributed by atoms with Gasteiger partial charge in [-0.1, -0.05) is 54.6 Å². The predicted molar refractivity (Wildman–Crippen MR) is 114 cm³/mol. The molecule has 1 atom stereocenters. The summed E-state index contributed by atoms with van der Waals surface area (Å²) in [6, 6.07) is 21.7. The molecule has 0 bridgehead atoms. The monoisotopic (exact) mass is 388 g/mol. The summed E-state index contributed by atoms with van der Waals surface area (Å²) in [7, 11) is 3.39. The van der Waals surface area contributed by atoms with Gasteiger partial charge in [-0.2, -0.15) is 0 Å². The summed E-state index contributed by atoms with van der Waals surface area (Å²) in [6.45, 7) is 0.886. The van der Waals surface area contributed by atoms with Gasteiger partial charge in [-0.25, -0.2) is 0 Å². The van der Waals surface area contributed by atoms with Gasteiger partial charge < -0.3 is 14.5 Å². The van der Waals surface area contributed by atoms with Gasteiger partial charge in [0, 0.05) is 26.6 Å². The Labute approximate surface area is 170 Å². The van der Waals surface area contributed by atoms with Crippen LogP contribution in [0.1, 0.15) is 12.0 Å². The van der Waals surface area contributed by atoms with Crippen LogP contribution in [0.5, 0.6) is 5.75 Å². The zero-order chi connectivity index (χ0) is 20.4. The number of hydrogen-bond acceptors (Lipinski definition) is 3. The first kappa shape index (κ1) is 19.0. The van der Waals surface area contributed by atoms with Crippen molar-refractivity contribution in [3.63, 3.8) is 0 Å². The normalized spacial score (nSPS) is 16.3. The molecule has 0 N–H and O–H groups in total. The van der Waals surface area contributed by atoms with Crippen LogP contribution in [0, 0.1) is 5.92 Å². The van der Waals surface area contributed by atoms with Crippen molar-refractivity contribution in [2.24, 2.45) is 5.92 Å². The molecule has 1 unspecified atom stereocenters. The van der Waals surface area contributed by atoms with E-state index in [2.05, 4.69) is 18.2 Å². The molecule has 0 radical (unpaired) electrons. The summed E-state index contributed by atoms with van der Waals surface area (Å²) < 4.78 is 5.38. The largest absolute Gasteiger partial charge is 0.495 e. The number of methoxy groups -OCH3 is 1. The highest BCUT2D eigenvalue weighted by molar-refractivity contribution is 6.01. The van der Waals surface area contributed by atoms with E-state index in [4.69, 9.17) is 4.74 Å². The molecule has 3 aromatic carbocycles. The molecule has 3 aromatic rings. The molecule has 0 saturated carbocycles. The zero-order valence-electron chi connectivity index (χ0n) is 16.7. The van der Waals surface area contributed by atoms with Crippen LogP contribution in [0.2, 0.25) is 0 Å². The SMILES string of the molecule is COc1ccccc1N1CC(C(=O)N(C)Cc2cccc3ccccc23)CC1=O. The number of carbonyl (C=O) groups excluding carboxylic acids is 2. The first-order chi connectivity index (χ1) is 14.1. The summed E-state index contributed by atoms with van der Waals surface area (Å²) in [5.41, 5.74) is 1.82. The summed E-state index contributed by atoms with van der Waals surface area (Å²) in [4.78, 5) is 29.1. The van der Waals surface area contributed by atoms with Crippen molar-refractivity contribution in [3.8, 4) is 5.75 Å². The highest BCUT2D eigenvalue weighted by atomic mass is 16.5. The molecule has 5 nitrogen and oxygen atoms in total.